The van der Waals surface area contributed by atoms with Gasteiger partial charge in [-0.25, -0.2) is 0 Å². The van der Waals surface area contributed by atoms with Crippen LogP contribution in [0.4, 0.5) is 0 Å². The topological polar surface area (TPSA) is 81.5 Å². The minimum atomic E-state index is -0.451. The molecule has 0 heterocycles. The quantitative estimate of drug-likeness (QED) is 0.412. The van der Waals surface area contributed by atoms with Crippen LogP contribution in [-0.2, 0) is 0 Å². The number of carbonyl (C=O) groups excluding carboxylic acids is 1. The summed E-state index contributed by atoms with van der Waals surface area (Å²) >= 11 is 0. The second kappa shape index (κ2) is 7.37. The summed E-state index contributed by atoms with van der Waals surface area (Å²) in [5.41, 5.74) is 15.6. The SMILES string of the molecule is NC(N)=NC(=O)c1ccc2cccc(-c3ccccc3-c3ccccc3)c2c1. The van der Waals surface area contributed by atoms with Gasteiger partial charge in [-0.05, 0) is 45.2 Å². The fourth-order valence-corrected chi connectivity index (χ4v) is 3.41. The van der Waals surface area contributed by atoms with E-state index >= 15 is 0 Å². The number of carbonyl (C=O) groups is 1. The fourth-order valence-electron chi connectivity index (χ4n) is 3.41. The van der Waals surface area contributed by atoms with Crippen molar-refractivity contribution in [1.29, 1.82) is 0 Å². The first-order valence-corrected chi connectivity index (χ1v) is 8.95. The second-order valence-electron chi connectivity index (χ2n) is 6.49. The third-order valence-electron chi connectivity index (χ3n) is 4.66. The molecule has 0 fully saturated rings. The summed E-state index contributed by atoms with van der Waals surface area (Å²) in [6, 6.07) is 30.1. The van der Waals surface area contributed by atoms with Crippen molar-refractivity contribution < 1.29 is 4.79 Å². The zero-order chi connectivity index (χ0) is 19.5. The summed E-state index contributed by atoms with van der Waals surface area (Å²) in [5, 5.41) is 2.02. The number of nitrogens with two attached hydrogens (primary N) is 2. The smallest absolute Gasteiger partial charge is 0.280 e. The molecule has 4 rings (SSSR count). The van der Waals surface area contributed by atoms with Gasteiger partial charge in [-0.2, -0.15) is 4.99 Å². The van der Waals surface area contributed by atoms with E-state index in [1.54, 1.807) is 6.07 Å². The number of guanidine groups is 1. The van der Waals surface area contributed by atoms with E-state index in [-0.39, 0.29) is 5.96 Å². The monoisotopic (exact) mass is 365 g/mol. The Morgan fingerprint density at radius 1 is 0.679 bits per heavy atom. The van der Waals surface area contributed by atoms with Crippen LogP contribution in [0.5, 0.6) is 0 Å². The molecule has 136 valence electrons. The van der Waals surface area contributed by atoms with Gasteiger partial charge in [-0.15, -0.1) is 0 Å². The maximum atomic E-state index is 12.3. The van der Waals surface area contributed by atoms with Gasteiger partial charge in [-0.1, -0.05) is 78.9 Å². The number of amides is 1. The first-order valence-electron chi connectivity index (χ1n) is 8.95. The summed E-state index contributed by atoms with van der Waals surface area (Å²) in [5.74, 6) is -0.694. The van der Waals surface area contributed by atoms with E-state index in [0.717, 1.165) is 33.0 Å². The van der Waals surface area contributed by atoms with Crippen molar-refractivity contribution in [3.8, 4) is 22.3 Å². The molecule has 4 N–H and O–H groups in total. The molecule has 0 aliphatic heterocycles. The highest BCUT2D eigenvalue weighted by Crippen LogP contribution is 2.36. The zero-order valence-electron chi connectivity index (χ0n) is 15.2. The van der Waals surface area contributed by atoms with Crippen molar-refractivity contribution in [3.63, 3.8) is 0 Å². The van der Waals surface area contributed by atoms with Crippen molar-refractivity contribution in [2.45, 2.75) is 0 Å². The van der Waals surface area contributed by atoms with Gasteiger partial charge >= 0.3 is 0 Å². The highest BCUT2D eigenvalue weighted by molar-refractivity contribution is 6.07. The molecule has 0 aliphatic rings. The Kier molecular flexibility index (Phi) is 4.60. The number of aliphatic imine (C=N–C) groups is 1. The molecule has 4 nitrogen and oxygen atoms in total. The lowest BCUT2D eigenvalue weighted by molar-refractivity contribution is 0.100. The number of fused-ring (bicyclic) bond motifs is 1. The Balaban J connectivity index is 1.93. The van der Waals surface area contributed by atoms with Crippen LogP contribution in [0.3, 0.4) is 0 Å². The number of nitrogens with zero attached hydrogens (tertiary/aromatic N) is 1. The van der Waals surface area contributed by atoms with E-state index in [1.165, 1.54) is 0 Å². The van der Waals surface area contributed by atoms with Gasteiger partial charge in [-0.3, -0.25) is 4.79 Å². The van der Waals surface area contributed by atoms with Crippen molar-refractivity contribution in [2.24, 2.45) is 16.5 Å². The maximum absolute atomic E-state index is 12.3. The normalized spacial score (nSPS) is 10.6. The van der Waals surface area contributed by atoms with Crippen molar-refractivity contribution in [3.05, 3.63) is 96.6 Å². The van der Waals surface area contributed by atoms with Crippen LogP contribution in [0.1, 0.15) is 10.4 Å². The Morgan fingerprint density at radius 3 is 2.11 bits per heavy atom. The highest BCUT2D eigenvalue weighted by atomic mass is 16.1. The van der Waals surface area contributed by atoms with Crippen LogP contribution in [-0.4, -0.2) is 11.9 Å². The molecule has 0 radical (unpaired) electrons. The van der Waals surface area contributed by atoms with Gasteiger partial charge < -0.3 is 11.5 Å². The first-order chi connectivity index (χ1) is 13.6. The first kappa shape index (κ1) is 17.5. The molecule has 1 amide bonds. The van der Waals surface area contributed by atoms with Gasteiger partial charge in [0.15, 0.2) is 5.96 Å². The summed E-state index contributed by atoms with van der Waals surface area (Å²) in [6.45, 7) is 0. The van der Waals surface area contributed by atoms with E-state index in [4.69, 9.17) is 11.5 Å². The molecule has 0 atom stereocenters. The predicted molar refractivity (Wildman–Crippen MR) is 115 cm³/mol. The van der Waals surface area contributed by atoms with Gasteiger partial charge in [0.1, 0.15) is 0 Å². The van der Waals surface area contributed by atoms with Crippen LogP contribution in [0, 0.1) is 0 Å². The summed E-state index contributed by atoms with van der Waals surface area (Å²) < 4.78 is 0. The average molecular weight is 365 g/mol. The Hall–Kier alpha value is -3.92. The van der Waals surface area contributed by atoms with E-state index in [9.17, 15) is 4.79 Å². The standard InChI is InChI=1S/C24H19N3O/c25-24(26)27-23(28)18-14-13-17-9-6-12-21(22(17)15-18)20-11-5-4-10-19(20)16-7-2-1-3-8-16/h1-15H,(H4,25,26,27,28). The number of hydrogen-bond donors (Lipinski definition) is 2. The van der Waals surface area contributed by atoms with Crippen molar-refractivity contribution in [2.75, 3.05) is 0 Å². The predicted octanol–water partition coefficient (Wildman–Crippen LogP) is 4.59. The average Bonchev–Trinajstić information content (AvgIpc) is 2.73. The molecule has 4 aromatic rings. The van der Waals surface area contributed by atoms with Crippen LogP contribution in [0.15, 0.2) is 96.0 Å². The van der Waals surface area contributed by atoms with E-state index in [0.29, 0.717) is 5.56 Å². The van der Waals surface area contributed by atoms with E-state index in [1.807, 2.05) is 54.6 Å². The minimum absolute atomic E-state index is 0.243. The van der Waals surface area contributed by atoms with E-state index < -0.39 is 5.91 Å². The van der Waals surface area contributed by atoms with Crippen LogP contribution >= 0.6 is 0 Å². The molecule has 0 saturated carbocycles. The van der Waals surface area contributed by atoms with Crippen LogP contribution in [0.2, 0.25) is 0 Å². The van der Waals surface area contributed by atoms with Gasteiger partial charge in [0.05, 0.1) is 0 Å². The lowest BCUT2D eigenvalue weighted by Crippen LogP contribution is -2.24. The molecule has 4 aromatic carbocycles. The third kappa shape index (κ3) is 3.35. The summed E-state index contributed by atoms with van der Waals surface area (Å²) in [4.78, 5) is 15.9. The van der Waals surface area contributed by atoms with Gasteiger partial charge in [0.25, 0.3) is 5.91 Å². The lowest BCUT2D eigenvalue weighted by Gasteiger charge is -2.13. The molecular weight excluding hydrogens is 346 g/mol. The highest BCUT2D eigenvalue weighted by Gasteiger charge is 2.12. The number of rotatable bonds is 3. The molecule has 4 heteroatoms. The Morgan fingerprint density at radius 2 is 1.36 bits per heavy atom. The maximum Gasteiger partial charge on any atom is 0.280 e. The molecular formula is C24H19N3O. The Bertz CT molecular complexity index is 1190. The van der Waals surface area contributed by atoms with Crippen LogP contribution < -0.4 is 11.5 Å². The number of hydrogen-bond acceptors (Lipinski definition) is 1. The summed E-state index contributed by atoms with van der Waals surface area (Å²) in [6.07, 6.45) is 0. The lowest BCUT2D eigenvalue weighted by atomic mass is 9.91. The molecule has 0 bridgehead atoms. The molecule has 28 heavy (non-hydrogen) atoms. The largest absolute Gasteiger partial charge is 0.370 e. The molecule has 0 spiro atoms. The van der Waals surface area contributed by atoms with Crippen molar-refractivity contribution >= 4 is 22.6 Å². The molecule has 0 unspecified atom stereocenters. The van der Waals surface area contributed by atoms with Gasteiger partial charge in [0, 0.05) is 5.56 Å². The Labute approximate surface area is 163 Å². The van der Waals surface area contributed by atoms with E-state index in [2.05, 4.69) is 35.3 Å². The fraction of sp³-hybridized carbons (Fsp3) is 0. The molecule has 0 aromatic heterocycles. The zero-order valence-corrected chi connectivity index (χ0v) is 15.2. The molecule has 0 saturated heterocycles. The molecule has 0 aliphatic carbocycles. The van der Waals surface area contributed by atoms with Crippen molar-refractivity contribution in [1.82, 2.24) is 0 Å². The second-order valence-corrected chi connectivity index (χ2v) is 6.49. The van der Waals surface area contributed by atoms with Gasteiger partial charge in [0.2, 0.25) is 0 Å². The van der Waals surface area contributed by atoms with Crippen LogP contribution in [0.25, 0.3) is 33.0 Å². The number of benzene rings is 4. The minimum Gasteiger partial charge on any atom is -0.370 e. The third-order valence-corrected chi connectivity index (χ3v) is 4.66. The summed E-state index contributed by atoms with van der Waals surface area (Å²) in [7, 11) is 0.